The monoisotopic (exact) mass is 254 g/mol. The first-order chi connectivity index (χ1) is 7.92. The van der Waals surface area contributed by atoms with Crippen molar-refractivity contribution in [1.82, 2.24) is 0 Å². The molecule has 0 aliphatic heterocycles. The summed E-state index contributed by atoms with van der Waals surface area (Å²) in [4.78, 5) is 0. The fourth-order valence-electron chi connectivity index (χ4n) is 1.68. The Morgan fingerprint density at radius 3 is 2.24 bits per heavy atom. The van der Waals surface area contributed by atoms with Crippen molar-refractivity contribution in [1.29, 1.82) is 0 Å². The number of hydrogen-bond donors (Lipinski definition) is 0. The van der Waals surface area contributed by atoms with E-state index in [1.54, 1.807) is 0 Å². The van der Waals surface area contributed by atoms with Crippen LogP contribution in [0, 0.1) is 6.92 Å². The number of hydrogen-bond acceptors (Lipinski definition) is 1. The van der Waals surface area contributed by atoms with Crippen molar-refractivity contribution in [2.24, 2.45) is 0 Å². The van der Waals surface area contributed by atoms with E-state index in [4.69, 9.17) is 16.3 Å². The molecule has 0 N–H and O–H groups in total. The lowest BCUT2D eigenvalue weighted by Crippen LogP contribution is -2.21. The zero-order chi connectivity index (χ0) is 12.9. The Bertz CT molecular complexity index is 324. The minimum absolute atomic E-state index is 0.0653. The smallest absolute Gasteiger partial charge is 0.0598 e. The van der Waals surface area contributed by atoms with Crippen LogP contribution in [-0.4, -0.2) is 18.1 Å². The van der Waals surface area contributed by atoms with Gasteiger partial charge in [0.1, 0.15) is 0 Å². The Labute approximate surface area is 110 Å². The van der Waals surface area contributed by atoms with Crippen molar-refractivity contribution in [2.45, 2.75) is 45.6 Å². The Morgan fingerprint density at radius 1 is 1.18 bits per heavy atom. The third-order valence-corrected chi connectivity index (χ3v) is 3.11. The summed E-state index contributed by atoms with van der Waals surface area (Å²) in [5.41, 5.74) is 2.53. The van der Waals surface area contributed by atoms with Crippen molar-refractivity contribution in [3.05, 3.63) is 35.4 Å². The van der Waals surface area contributed by atoms with E-state index in [-0.39, 0.29) is 5.60 Å². The maximum atomic E-state index is 6.04. The average molecular weight is 255 g/mol. The predicted molar refractivity (Wildman–Crippen MR) is 75.0 cm³/mol. The molecule has 0 spiro atoms. The minimum atomic E-state index is -0.0653. The largest absolute Gasteiger partial charge is 0.376 e. The van der Waals surface area contributed by atoms with Gasteiger partial charge in [-0.1, -0.05) is 29.8 Å². The van der Waals surface area contributed by atoms with Crippen molar-refractivity contribution in [3.8, 4) is 0 Å². The third kappa shape index (κ3) is 5.56. The minimum Gasteiger partial charge on any atom is -0.376 e. The van der Waals surface area contributed by atoms with Gasteiger partial charge in [-0.3, -0.25) is 0 Å². The van der Waals surface area contributed by atoms with Gasteiger partial charge in [0.25, 0.3) is 0 Å². The van der Waals surface area contributed by atoms with E-state index >= 15 is 0 Å². The highest BCUT2D eigenvalue weighted by Gasteiger charge is 2.14. The molecule has 0 heterocycles. The van der Waals surface area contributed by atoms with E-state index in [1.807, 2.05) is 0 Å². The first-order valence-electron chi connectivity index (χ1n) is 6.19. The molecule has 96 valence electrons. The van der Waals surface area contributed by atoms with Crippen LogP contribution in [0.2, 0.25) is 0 Å². The summed E-state index contributed by atoms with van der Waals surface area (Å²) in [5, 5.41) is 0. The van der Waals surface area contributed by atoms with Gasteiger partial charge in [0.05, 0.1) is 5.60 Å². The molecule has 1 nitrogen and oxygen atoms in total. The van der Waals surface area contributed by atoms with Gasteiger partial charge in [0.15, 0.2) is 0 Å². The predicted octanol–water partition coefficient (Wildman–Crippen LogP) is 4.52. The molecule has 0 bridgehead atoms. The first kappa shape index (κ1) is 14.5. The van der Waals surface area contributed by atoms with Crippen LogP contribution in [0.3, 0.4) is 0 Å². The molecule has 17 heavy (non-hydrogen) atoms. The molecule has 0 saturated carbocycles. The van der Waals surface area contributed by atoms with Gasteiger partial charge >= 0.3 is 0 Å². The topological polar surface area (TPSA) is 9.23 Å². The second kappa shape index (κ2) is 6.42. The second-order valence-electron chi connectivity index (χ2n) is 5.51. The number of aryl methyl sites for hydroxylation is 1. The maximum absolute atomic E-state index is 6.04. The first-order valence-corrected chi connectivity index (χ1v) is 6.72. The van der Waals surface area contributed by atoms with Crippen LogP contribution in [0.4, 0.5) is 0 Å². The van der Waals surface area contributed by atoms with E-state index < -0.39 is 0 Å². The van der Waals surface area contributed by atoms with Crippen LogP contribution in [-0.2, 0) is 4.74 Å². The van der Waals surface area contributed by atoms with Gasteiger partial charge in [0.2, 0.25) is 0 Å². The standard InChI is InChI=1S/C15H23ClO/c1-12-5-7-13(8-6-12)14(11-16)9-10-17-15(2,3)4/h5-8,14H,9-11H2,1-4H3. The van der Waals surface area contributed by atoms with Crippen LogP contribution in [0.25, 0.3) is 0 Å². The van der Waals surface area contributed by atoms with E-state index in [2.05, 4.69) is 52.0 Å². The van der Waals surface area contributed by atoms with Crippen LogP contribution in [0.5, 0.6) is 0 Å². The molecule has 0 aliphatic rings. The highest BCUT2D eigenvalue weighted by molar-refractivity contribution is 6.18. The zero-order valence-electron chi connectivity index (χ0n) is 11.3. The summed E-state index contributed by atoms with van der Waals surface area (Å²) in [5.74, 6) is 1.04. The van der Waals surface area contributed by atoms with Gasteiger partial charge in [-0.25, -0.2) is 0 Å². The Morgan fingerprint density at radius 2 is 1.76 bits per heavy atom. The lowest BCUT2D eigenvalue weighted by atomic mass is 9.97. The van der Waals surface area contributed by atoms with Crippen LogP contribution < -0.4 is 0 Å². The van der Waals surface area contributed by atoms with Gasteiger partial charge in [-0.15, -0.1) is 11.6 Å². The molecule has 0 radical (unpaired) electrons. The molecule has 2 heteroatoms. The molecule has 0 saturated heterocycles. The molecule has 1 aromatic rings. The van der Waals surface area contributed by atoms with Crippen LogP contribution >= 0.6 is 11.6 Å². The summed E-state index contributed by atoms with van der Waals surface area (Å²) >= 11 is 6.04. The van der Waals surface area contributed by atoms with Crippen molar-refractivity contribution >= 4 is 11.6 Å². The van der Waals surface area contributed by atoms with Gasteiger partial charge < -0.3 is 4.74 Å². The van der Waals surface area contributed by atoms with E-state index in [1.165, 1.54) is 11.1 Å². The van der Waals surface area contributed by atoms with Gasteiger partial charge in [-0.2, -0.15) is 0 Å². The summed E-state index contributed by atoms with van der Waals surface area (Å²) < 4.78 is 5.75. The Kier molecular flexibility index (Phi) is 5.48. The Hall–Kier alpha value is -0.530. The SMILES string of the molecule is Cc1ccc(C(CCl)CCOC(C)(C)C)cc1. The molecule has 1 aromatic carbocycles. The summed E-state index contributed by atoms with van der Waals surface area (Å²) in [6, 6.07) is 8.61. The van der Waals surface area contributed by atoms with Crippen molar-refractivity contribution in [3.63, 3.8) is 0 Å². The Balaban J connectivity index is 2.51. The fraction of sp³-hybridized carbons (Fsp3) is 0.600. The summed E-state index contributed by atoms with van der Waals surface area (Å²) in [7, 11) is 0. The molecule has 1 atom stereocenters. The lowest BCUT2D eigenvalue weighted by molar-refractivity contribution is -0.00565. The molecule has 0 amide bonds. The van der Waals surface area contributed by atoms with Crippen LogP contribution in [0.1, 0.15) is 44.2 Å². The third-order valence-electron chi connectivity index (χ3n) is 2.74. The highest BCUT2D eigenvalue weighted by atomic mass is 35.5. The fourth-order valence-corrected chi connectivity index (χ4v) is 2.01. The van der Waals surface area contributed by atoms with Crippen molar-refractivity contribution in [2.75, 3.05) is 12.5 Å². The molecule has 0 aliphatic carbocycles. The number of rotatable bonds is 5. The highest BCUT2D eigenvalue weighted by Crippen LogP contribution is 2.22. The number of halogens is 1. The van der Waals surface area contributed by atoms with E-state index in [0.717, 1.165) is 13.0 Å². The van der Waals surface area contributed by atoms with Crippen molar-refractivity contribution < 1.29 is 4.74 Å². The zero-order valence-corrected chi connectivity index (χ0v) is 12.1. The quantitative estimate of drug-likeness (QED) is 0.702. The molecule has 0 fully saturated rings. The number of benzene rings is 1. The lowest BCUT2D eigenvalue weighted by Gasteiger charge is -2.22. The molecule has 1 rings (SSSR count). The molecule has 1 unspecified atom stereocenters. The molecule has 0 aromatic heterocycles. The maximum Gasteiger partial charge on any atom is 0.0598 e. The van der Waals surface area contributed by atoms with Crippen LogP contribution in [0.15, 0.2) is 24.3 Å². The second-order valence-corrected chi connectivity index (χ2v) is 5.82. The van der Waals surface area contributed by atoms with Gasteiger partial charge in [0, 0.05) is 12.5 Å². The summed E-state index contributed by atoms with van der Waals surface area (Å²) in [6.45, 7) is 9.09. The van der Waals surface area contributed by atoms with Gasteiger partial charge in [-0.05, 0) is 45.6 Å². The molecular weight excluding hydrogens is 232 g/mol. The molecular formula is C15H23ClO. The summed E-state index contributed by atoms with van der Waals surface area (Å²) in [6.07, 6.45) is 0.976. The van der Waals surface area contributed by atoms with E-state index in [0.29, 0.717) is 11.8 Å². The number of ether oxygens (including phenoxy) is 1. The number of alkyl halides is 1. The van der Waals surface area contributed by atoms with E-state index in [9.17, 15) is 0 Å². The normalized spacial score (nSPS) is 13.7. The average Bonchev–Trinajstić information content (AvgIpc) is 2.24.